The Kier molecular flexibility index (Phi) is 3.34. The van der Waals surface area contributed by atoms with Crippen molar-refractivity contribution in [2.45, 2.75) is 45.2 Å². The summed E-state index contributed by atoms with van der Waals surface area (Å²) in [4.78, 5) is 26.2. The summed E-state index contributed by atoms with van der Waals surface area (Å²) in [5.41, 5.74) is 7.24. The van der Waals surface area contributed by atoms with Crippen LogP contribution in [0, 0.1) is 5.41 Å². The highest BCUT2D eigenvalue weighted by Gasteiger charge is 2.52. The summed E-state index contributed by atoms with van der Waals surface area (Å²) in [6.45, 7) is 0.898. The van der Waals surface area contributed by atoms with E-state index in [1.807, 2.05) is 24.3 Å². The van der Waals surface area contributed by atoms with E-state index in [2.05, 4.69) is 0 Å². The van der Waals surface area contributed by atoms with Gasteiger partial charge in [-0.1, -0.05) is 37.1 Å². The molecule has 1 spiro atoms. The van der Waals surface area contributed by atoms with Gasteiger partial charge in [-0.05, 0) is 24.0 Å². The van der Waals surface area contributed by atoms with Gasteiger partial charge in [0, 0.05) is 13.0 Å². The number of nitrogens with zero attached hydrogens (tertiary/aromatic N) is 1. The molecule has 106 valence electrons. The highest BCUT2D eigenvalue weighted by Crippen LogP contribution is 2.47. The molecule has 1 aliphatic heterocycles. The Labute approximate surface area is 118 Å². The standard InChI is InChI=1S/C16H20N2O2/c17-10-12-3-5-13(6-4-12)11-18-14(19)9-16(15(18)20)7-1-2-8-16/h3-6H,1-2,7-11,17H2. The smallest absolute Gasteiger partial charge is 0.236 e. The Morgan fingerprint density at radius 1 is 1.05 bits per heavy atom. The molecule has 2 N–H and O–H groups in total. The predicted molar refractivity (Wildman–Crippen MR) is 75.4 cm³/mol. The van der Waals surface area contributed by atoms with E-state index in [0.29, 0.717) is 19.5 Å². The molecule has 0 unspecified atom stereocenters. The number of hydrogen-bond donors (Lipinski definition) is 1. The fourth-order valence-electron chi connectivity index (χ4n) is 3.43. The molecule has 4 nitrogen and oxygen atoms in total. The lowest BCUT2D eigenvalue weighted by atomic mass is 9.84. The maximum atomic E-state index is 12.6. The van der Waals surface area contributed by atoms with Crippen LogP contribution in [-0.2, 0) is 22.7 Å². The Morgan fingerprint density at radius 2 is 1.65 bits per heavy atom. The second-order valence-corrected chi connectivity index (χ2v) is 5.97. The summed E-state index contributed by atoms with van der Waals surface area (Å²) in [5, 5.41) is 0. The molecular formula is C16H20N2O2. The quantitative estimate of drug-likeness (QED) is 0.856. The van der Waals surface area contributed by atoms with E-state index < -0.39 is 0 Å². The average molecular weight is 272 g/mol. The molecule has 0 aromatic heterocycles. The van der Waals surface area contributed by atoms with Crippen LogP contribution in [-0.4, -0.2) is 16.7 Å². The van der Waals surface area contributed by atoms with Crippen molar-refractivity contribution in [1.29, 1.82) is 0 Å². The van der Waals surface area contributed by atoms with Gasteiger partial charge in [-0.3, -0.25) is 14.5 Å². The lowest BCUT2D eigenvalue weighted by Crippen LogP contribution is -2.33. The van der Waals surface area contributed by atoms with E-state index in [-0.39, 0.29) is 17.2 Å². The number of rotatable bonds is 3. The van der Waals surface area contributed by atoms with Gasteiger partial charge in [0.15, 0.2) is 0 Å². The molecule has 1 saturated carbocycles. The van der Waals surface area contributed by atoms with Crippen LogP contribution >= 0.6 is 0 Å². The third-order valence-electron chi connectivity index (χ3n) is 4.65. The lowest BCUT2D eigenvalue weighted by molar-refractivity contribution is -0.142. The van der Waals surface area contributed by atoms with Crippen molar-refractivity contribution in [3.63, 3.8) is 0 Å². The molecule has 0 atom stereocenters. The van der Waals surface area contributed by atoms with Gasteiger partial charge in [-0.15, -0.1) is 0 Å². The van der Waals surface area contributed by atoms with E-state index in [1.165, 1.54) is 4.90 Å². The number of hydrogen-bond acceptors (Lipinski definition) is 3. The van der Waals surface area contributed by atoms with Crippen LogP contribution in [0.5, 0.6) is 0 Å². The second-order valence-electron chi connectivity index (χ2n) is 5.97. The molecule has 20 heavy (non-hydrogen) atoms. The Bertz CT molecular complexity index is 530. The Hall–Kier alpha value is -1.68. The molecule has 3 rings (SSSR count). The summed E-state index contributed by atoms with van der Waals surface area (Å²) >= 11 is 0. The van der Waals surface area contributed by atoms with Crippen molar-refractivity contribution in [1.82, 2.24) is 4.90 Å². The molecule has 1 saturated heterocycles. The van der Waals surface area contributed by atoms with Crippen LogP contribution in [0.4, 0.5) is 0 Å². The van der Waals surface area contributed by atoms with Crippen molar-refractivity contribution < 1.29 is 9.59 Å². The molecule has 4 heteroatoms. The molecule has 1 aromatic carbocycles. The highest BCUT2D eigenvalue weighted by atomic mass is 16.2. The van der Waals surface area contributed by atoms with Crippen molar-refractivity contribution >= 4 is 11.8 Å². The first kappa shape index (κ1) is 13.3. The maximum absolute atomic E-state index is 12.6. The van der Waals surface area contributed by atoms with Gasteiger partial charge < -0.3 is 5.73 Å². The molecule has 1 aliphatic carbocycles. The number of amides is 2. The van der Waals surface area contributed by atoms with Crippen LogP contribution < -0.4 is 5.73 Å². The average Bonchev–Trinajstić information content (AvgIpc) is 3.01. The number of carbonyl (C=O) groups is 2. The van der Waals surface area contributed by atoms with E-state index in [9.17, 15) is 9.59 Å². The monoisotopic (exact) mass is 272 g/mol. The van der Waals surface area contributed by atoms with Crippen LogP contribution in [0.25, 0.3) is 0 Å². The molecule has 1 aromatic rings. The first-order valence-electron chi connectivity index (χ1n) is 7.27. The summed E-state index contributed by atoms with van der Waals surface area (Å²) in [7, 11) is 0. The summed E-state index contributed by atoms with van der Waals surface area (Å²) in [6.07, 6.45) is 4.29. The minimum absolute atomic E-state index is 0.0141. The van der Waals surface area contributed by atoms with Gasteiger partial charge >= 0.3 is 0 Å². The van der Waals surface area contributed by atoms with Gasteiger partial charge in [0.2, 0.25) is 11.8 Å². The third kappa shape index (κ3) is 2.14. The number of nitrogens with two attached hydrogens (primary N) is 1. The fraction of sp³-hybridized carbons (Fsp3) is 0.500. The molecule has 0 radical (unpaired) electrons. The highest BCUT2D eigenvalue weighted by molar-refractivity contribution is 6.05. The zero-order valence-corrected chi connectivity index (χ0v) is 11.6. The van der Waals surface area contributed by atoms with Gasteiger partial charge in [0.25, 0.3) is 0 Å². The van der Waals surface area contributed by atoms with Gasteiger partial charge in [0.05, 0.1) is 12.0 Å². The summed E-state index contributed by atoms with van der Waals surface area (Å²) < 4.78 is 0. The SMILES string of the molecule is NCc1ccc(CN2C(=O)CC3(CCCC3)C2=O)cc1. The third-order valence-corrected chi connectivity index (χ3v) is 4.65. The van der Waals surface area contributed by atoms with Crippen molar-refractivity contribution in [3.8, 4) is 0 Å². The van der Waals surface area contributed by atoms with E-state index in [4.69, 9.17) is 5.73 Å². The topological polar surface area (TPSA) is 63.4 Å². The first-order valence-corrected chi connectivity index (χ1v) is 7.27. The fourth-order valence-corrected chi connectivity index (χ4v) is 3.43. The number of likely N-dealkylation sites (tertiary alicyclic amines) is 1. The van der Waals surface area contributed by atoms with Crippen molar-refractivity contribution in [3.05, 3.63) is 35.4 Å². The number of carbonyl (C=O) groups excluding carboxylic acids is 2. The first-order chi connectivity index (χ1) is 9.64. The van der Waals surface area contributed by atoms with Gasteiger partial charge in [-0.2, -0.15) is 0 Å². The number of benzene rings is 1. The normalized spacial score (nSPS) is 21.1. The van der Waals surface area contributed by atoms with Gasteiger partial charge in [-0.25, -0.2) is 0 Å². The number of imide groups is 1. The van der Waals surface area contributed by atoms with Crippen LogP contribution in [0.3, 0.4) is 0 Å². The molecule has 0 bridgehead atoms. The molecule has 2 aliphatic rings. The zero-order valence-electron chi connectivity index (χ0n) is 11.6. The minimum atomic E-state index is -0.367. The largest absolute Gasteiger partial charge is 0.326 e. The molecular weight excluding hydrogens is 252 g/mol. The van der Waals surface area contributed by atoms with Crippen molar-refractivity contribution in [2.24, 2.45) is 11.1 Å². The van der Waals surface area contributed by atoms with E-state index in [1.54, 1.807) is 0 Å². The minimum Gasteiger partial charge on any atom is -0.326 e. The van der Waals surface area contributed by atoms with Gasteiger partial charge in [0.1, 0.15) is 0 Å². The summed E-state index contributed by atoms with van der Waals surface area (Å²) in [6, 6.07) is 7.79. The predicted octanol–water partition coefficient (Wildman–Crippen LogP) is 1.96. The van der Waals surface area contributed by atoms with Crippen LogP contribution in [0.15, 0.2) is 24.3 Å². The van der Waals surface area contributed by atoms with Crippen LogP contribution in [0.2, 0.25) is 0 Å². The molecule has 1 heterocycles. The van der Waals surface area contributed by atoms with Crippen LogP contribution in [0.1, 0.15) is 43.2 Å². The molecule has 2 amide bonds. The Morgan fingerprint density at radius 3 is 2.25 bits per heavy atom. The lowest BCUT2D eigenvalue weighted by Gasteiger charge is -2.21. The second kappa shape index (κ2) is 5.02. The van der Waals surface area contributed by atoms with E-state index in [0.717, 1.165) is 36.8 Å². The maximum Gasteiger partial charge on any atom is 0.236 e. The zero-order chi connectivity index (χ0) is 14.2. The Balaban J connectivity index is 1.76. The summed E-state index contributed by atoms with van der Waals surface area (Å²) in [5.74, 6) is 0.0303. The van der Waals surface area contributed by atoms with Crippen molar-refractivity contribution in [2.75, 3.05) is 0 Å². The van der Waals surface area contributed by atoms with E-state index >= 15 is 0 Å². The molecule has 2 fully saturated rings.